The lowest BCUT2D eigenvalue weighted by molar-refractivity contribution is -0.136. The average Bonchev–Trinajstić information content (AvgIpc) is 2.26. The average molecular weight is 252 g/mol. The van der Waals surface area contributed by atoms with Crippen LogP contribution in [-0.2, 0) is 4.79 Å². The number of hydrogen-bond donors (Lipinski definition) is 2. The van der Waals surface area contributed by atoms with Crippen molar-refractivity contribution in [2.24, 2.45) is 0 Å². The number of nitrogens with one attached hydrogen (secondary N) is 1. The molecule has 0 saturated heterocycles. The molecule has 6 heteroatoms. The third-order valence-corrected chi connectivity index (χ3v) is 2.65. The molecule has 1 rings (SSSR count). The molecule has 0 aliphatic heterocycles. The summed E-state index contributed by atoms with van der Waals surface area (Å²) in [4.78, 5) is 20.7. The van der Waals surface area contributed by atoms with Crippen molar-refractivity contribution in [1.82, 2.24) is 9.97 Å². The van der Waals surface area contributed by atoms with Gasteiger partial charge in [-0.1, -0.05) is 0 Å². The monoisotopic (exact) mass is 252 g/mol. The Balaban J connectivity index is 2.70. The summed E-state index contributed by atoms with van der Waals surface area (Å²) in [5, 5.41) is 11.5. The first-order chi connectivity index (χ1) is 8.30. The van der Waals surface area contributed by atoms with Gasteiger partial charge < -0.3 is 15.3 Å². The van der Waals surface area contributed by atoms with Gasteiger partial charge in [-0.2, -0.15) is 0 Å². The number of aromatic nitrogens is 2. The number of anilines is 2. The molecule has 0 fully saturated rings. The zero-order chi connectivity index (χ0) is 13.8. The van der Waals surface area contributed by atoms with Crippen molar-refractivity contribution in [3.63, 3.8) is 0 Å². The molecular weight excluding hydrogens is 232 g/mol. The Hall–Kier alpha value is -1.85. The van der Waals surface area contributed by atoms with Gasteiger partial charge in [-0.25, -0.2) is 9.97 Å². The summed E-state index contributed by atoms with van der Waals surface area (Å²) in [5.41, 5.74) is -0.0350. The van der Waals surface area contributed by atoms with E-state index in [1.807, 2.05) is 18.0 Å². The van der Waals surface area contributed by atoms with Gasteiger partial charge >= 0.3 is 5.97 Å². The van der Waals surface area contributed by atoms with E-state index in [9.17, 15) is 4.79 Å². The number of carboxylic acids is 1. The fraction of sp³-hybridized carbons (Fsp3) is 0.583. The fourth-order valence-electron chi connectivity index (χ4n) is 1.27. The first-order valence-corrected chi connectivity index (χ1v) is 5.82. The molecule has 0 saturated carbocycles. The Bertz CT molecular complexity index is 415. The summed E-state index contributed by atoms with van der Waals surface area (Å²) in [7, 11) is 1.96. The second kappa shape index (κ2) is 5.66. The van der Waals surface area contributed by atoms with Crippen molar-refractivity contribution < 1.29 is 9.90 Å². The molecule has 0 atom stereocenters. The number of nitrogens with zero attached hydrogens (tertiary/aromatic N) is 3. The third-order valence-electron chi connectivity index (χ3n) is 2.65. The highest BCUT2D eigenvalue weighted by atomic mass is 16.4. The number of aliphatic carboxylic acids is 1. The van der Waals surface area contributed by atoms with Gasteiger partial charge in [0.2, 0.25) is 0 Å². The van der Waals surface area contributed by atoms with Crippen LogP contribution in [-0.4, -0.2) is 40.2 Å². The molecule has 0 spiro atoms. The highest BCUT2D eigenvalue weighted by molar-refractivity contribution is 5.67. The lowest BCUT2D eigenvalue weighted by atomic mass is 10.1. The normalized spacial score (nSPS) is 11.1. The lowest BCUT2D eigenvalue weighted by Crippen LogP contribution is -2.38. The largest absolute Gasteiger partial charge is 0.481 e. The van der Waals surface area contributed by atoms with Crippen LogP contribution in [0, 0.1) is 0 Å². The van der Waals surface area contributed by atoms with E-state index >= 15 is 0 Å². The summed E-state index contributed by atoms with van der Waals surface area (Å²) in [6.45, 7) is 6.62. The summed E-state index contributed by atoms with van der Waals surface area (Å²) >= 11 is 0. The van der Waals surface area contributed by atoms with E-state index in [2.05, 4.69) is 36.1 Å². The van der Waals surface area contributed by atoms with E-state index in [-0.39, 0.29) is 12.0 Å². The van der Waals surface area contributed by atoms with Crippen LogP contribution in [0.3, 0.4) is 0 Å². The summed E-state index contributed by atoms with van der Waals surface area (Å²) < 4.78 is 0. The van der Waals surface area contributed by atoms with Crippen LogP contribution in [0.5, 0.6) is 0 Å². The van der Waals surface area contributed by atoms with Gasteiger partial charge in [0.1, 0.15) is 18.0 Å². The van der Waals surface area contributed by atoms with Crippen LogP contribution in [0.25, 0.3) is 0 Å². The second-order valence-electron chi connectivity index (χ2n) is 5.06. The standard InChI is InChI=1S/C12H20N4O2/c1-12(2,3)16(4)10-7-9(14-8-15-10)13-6-5-11(17)18/h7-8H,5-6H2,1-4H3,(H,17,18)(H,13,14,15). The van der Waals surface area contributed by atoms with Crippen LogP contribution < -0.4 is 10.2 Å². The molecule has 100 valence electrons. The van der Waals surface area contributed by atoms with Crippen LogP contribution in [0.15, 0.2) is 12.4 Å². The number of rotatable bonds is 5. The minimum atomic E-state index is -0.830. The third kappa shape index (κ3) is 4.20. The molecular formula is C12H20N4O2. The van der Waals surface area contributed by atoms with E-state index in [1.54, 1.807) is 0 Å². The quantitative estimate of drug-likeness (QED) is 0.828. The Labute approximate surface area is 107 Å². The maximum Gasteiger partial charge on any atom is 0.305 e. The van der Waals surface area contributed by atoms with Gasteiger partial charge in [0.15, 0.2) is 0 Å². The Morgan fingerprint density at radius 3 is 2.67 bits per heavy atom. The smallest absolute Gasteiger partial charge is 0.305 e. The highest BCUT2D eigenvalue weighted by Crippen LogP contribution is 2.20. The molecule has 0 unspecified atom stereocenters. The Morgan fingerprint density at radius 2 is 2.11 bits per heavy atom. The first-order valence-electron chi connectivity index (χ1n) is 5.82. The van der Waals surface area contributed by atoms with Gasteiger partial charge in [-0.05, 0) is 20.8 Å². The highest BCUT2D eigenvalue weighted by Gasteiger charge is 2.18. The van der Waals surface area contributed by atoms with Crippen LogP contribution in [0.1, 0.15) is 27.2 Å². The number of hydrogen-bond acceptors (Lipinski definition) is 5. The van der Waals surface area contributed by atoms with Gasteiger partial charge in [-0.3, -0.25) is 4.79 Å². The van der Waals surface area contributed by atoms with E-state index in [0.29, 0.717) is 12.4 Å². The first kappa shape index (κ1) is 14.2. The molecule has 1 aromatic heterocycles. The van der Waals surface area contributed by atoms with Gasteiger partial charge in [0, 0.05) is 25.2 Å². The molecule has 6 nitrogen and oxygen atoms in total. The molecule has 0 radical (unpaired) electrons. The Morgan fingerprint density at radius 1 is 1.44 bits per heavy atom. The maximum atomic E-state index is 10.4. The molecule has 1 heterocycles. The molecule has 18 heavy (non-hydrogen) atoms. The molecule has 0 aromatic carbocycles. The summed E-state index contributed by atoms with van der Waals surface area (Å²) in [5.74, 6) is 0.608. The van der Waals surface area contributed by atoms with E-state index < -0.39 is 5.97 Å². The van der Waals surface area contributed by atoms with Crippen LogP contribution >= 0.6 is 0 Å². The molecule has 0 bridgehead atoms. The lowest BCUT2D eigenvalue weighted by Gasteiger charge is -2.33. The predicted octanol–water partition coefficient (Wildman–Crippen LogP) is 1.60. The number of carboxylic acid groups (broad SMARTS) is 1. The van der Waals surface area contributed by atoms with E-state index in [1.165, 1.54) is 6.33 Å². The van der Waals surface area contributed by atoms with Gasteiger partial charge in [-0.15, -0.1) is 0 Å². The van der Waals surface area contributed by atoms with Crippen molar-refractivity contribution in [2.45, 2.75) is 32.7 Å². The summed E-state index contributed by atoms with van der Waals surface area (Å²) in [6, 6.07) is 1.81. The van der Waals surface area contributed by atoms with Crippen molar-refractivity contribution >= 4 is 17.6 Å². The fourth-order valence-corrected chi connectivity index (χ4v) is 1.27. The molecule has 0 aliphatic rings. The Kier molecular flexibility index (Phi) is 4.47. The minimum Gasteiger partial charge on any atom is -0.481 e. The maximum absolute atomic E-state index is 10.4. The van der Waals surface area contributed by atoms with Crippen LogP contribution in [0.2, 0.25) is 0 Å². The zero-order valence-corrected chi connectivity index (χ0v) is 11.3. The molecule has 1 aromatic rings. The van der Waals surface area contributed by atoms with Crippen molar-refractivity contribution in [3.05, 3.63) is 12.4 Å². The molecule has 2 N–H and O–H groups in total. The van der Waals surface area contributed by atoms with Crippen molar-refractivity contribution in [2.75, 3.05) is 23.8 Å². The summed E-state index contributed by atoms with van der Waals surface area (Å²) in [6.07, 6.45) is 1.54. The molecule has 0 aliphatic carbocycles. The minimum absolute atomic E-state index is 0.0350. The SMILES string of the molecule is CN(c1cc(NCCC(=O)O)ncn1)C(C)(C)C. The van der Waals surface area contributed by atoms with Crippen molar-refractivity contribution in [3.8, 4) is 0 Å². The topological polar surface area (TPSA) is 78.4 Å². The van der Waals surface area contributed by atoms with Crippen LogP contribution in [0.4, 0.5) is 11.6 Å². The van der Waals surface area contributed by atoms with Gasteiger partial charge in [0.05, 0.1) is 6.42 Å². The van der Waals surface area contributed by atoms with E-state index in [0.717, 1.165) is 5.82 Å². The van der Waals surface area contributed by atoms with Gasteiger partial charge in [0.25, 0.3) is 0 Å². The number of carbonyl (C=O) groups is 1. The van der Waals surface area contributed by atoms with Crippen molar-refractivity contribution in [1.29, 1.82) is 0 Å². The molecule has 0 amide bonds. The zero-order valence-electron chi connectivity index (χ0n) is 11.3. The van der Waals surface area contributed by atoms with E-state index in [4.69, 9.17) is 5.11 Å². The predicted molar refractivity (Wildman–Crippen MR) is 70.9 cm³/mol. The second-order valence-corrected chi connectivity index (χ2v) is 5.06.